The molecule has 0 aliphatic heterocycles. The van der Waals surface area contributed by atoms with Crippen molar-refractivity contribution in [1.82, 2.24) is 20.2 Å². The maximum Gasteiger partial charge on any atom is 0.270 e. The molecule has 1 heterocycles. The molecule has 1 N–H and O–H groups in total. The number of hydrogen-bond donors (Lipinski definition) is 1. The maximum atomic E-state index is 13.4. The van der Waals surface area contributed by atoms with Crippen LogP contribution < -0.4 is 5.32 Å². The van der Waals surface area contributed by atoms with Crippen molar-refractivity contribution in [3.05, 3.63) is 53.6 Å². The number of rotatable bonds is 6. The highest BCUT2D eigenvalue weighted by Gasteiger charge is 2.26. The van der Waals surface area contributed by atoms with Crippen molar-refractivity contribution in [3.8, 4) is 11.4 Å². The number of nitrogens with zero attached hydrogens (tertiary/aromatic N) is 4. The summed E-state index contributed by atoms with van der Waals surface area (Å²) in [7, 11) is 0. The molecular formula is C20H21F2N5. The molecule has 0 unspecified atom stereocenters. The summed E-state index contributed by atoms with van der Waals surface area (Å²) < 4.78 is 26.8. The lowest BCUT2D eigenvalue weighted by Crippen LogP contribution is -2.06. The smallest absolute Gasteiger partial charge is 0.270 e. The molecule has 0 saturated heterocycles. The molecule has 0 bridgehead atoms. The van der Waals surface area contributed by atoms with Gasteiger partial charge in [-0.3, -0.25) is 0 Å². The van der Waals surface area contributed by atoms with Gasteiger partial charge in [0.1, 0.15) is 0 Å². The van der Waals surface area contributed by atoms with E-state index in [-0.39, 0.29) is 5.56 Å². The third kappa shape index (κ3) is 3.82. The van der Waals surface area contributed by atoms with Gasteiger partial charge in [0.25, 0.3) is 5.92 Å². The van der Waals surface area contributed by atoms with Crippen LogP contribution in [-0.2, 0) is 12.5 Å². The molecule has 5 nitrogen and oxygen atoms in total. The fourth-order valence-corrected chi connectivity index (χ4v) is 3.01. The molecule has 2 aromatic carbocycles. The Bertz CT molecular complexity index is 940. The highest BCUT2D eigenvalue weighted by molar-refractivity contribution is 5.78. The van der Waals surface area contributed by atoms with E-state index >= 15 is 0 Å². The first-order valence-electron chi connectivity index (χ1n) is 9.11. The average Bonchev–Trinajstić information content (AvgIpc) is 3.39. The Morgan fingerprint density at radius 3 is 2.48 bits per heavy atom. The molecule has 1 saturated carbocycles. The largest absolute Gasteiger partial charge is 0.355 e. The fraction of sp³-hybridized carbons (Fsp3) is 0.350. The highest BCUT2D eigenvalue weighted by Crippen LogP contribution is 2.42. The molecule has 1 aliphatic carbocycles. The molecule has 0 atom stereocenters. The molecule has 1 aliphatic rings. The Hall–Kier alpha value is -2.83. The summed E-state index contributed by atoms with van der Waals surface area (Å²) in [5, 5.41) is 15.9. The number of aromatic nitrogens is 4. The Kier molecular flexibility index (Phi) is 4.37. The fourth-order valence-electron chi connectivity index (χ4n) is 3.01. The molecule has 0 spiro atoms. The summed E-state index contributed by atoms with van der Waals surface area (Å²) in [6.45, 7) is 3.49. The molecule has 7 heteroatoms. The normalized spacial score (nSPS) is 14.4. The predicted octanol–water partition coefficient (Wildman–Crippen LogP) is 5.09. The molecular weight excluding hydrogens is 348 g/mol. The minimum atomic E-state index is -2.85. The third-order valence-electron chi connectivity index (χ3n) is 4.74. The van der Waals surface area contributed by atoms with Gasteiger partial charge >= 0.3 is 0 Å². The number of alkyl halides is 2. The van der Waals surface area contributed by atoms with Crippen molar-refractivity contribution >= 4 is 11.4 Å². The highest BCUT2D eigenvalue weighted by atomic mass is 19.3. The molecule has 3 aromatic rings. The van der Waals surface area contributed by atoms with Crippen LogP contribution in [-0.4, -0.2) is 20.2 Å². The number of anilines is 2. The minimum Gasteiger partial charge on any atom is -0.355 e. The Morgan fingerprint density at radius 2 is 1.89 bits per heavy atom. The standard InChI is InChI=1S/C20H21F2N5/c1-3-27-25-19(24-26-27)17-12-14(13-4-5-13)6-11-18(17)23-16-9-7-15(8-10-16)20(2,21)22/h6-13,23H,3-5H2,1-2H3. The number of nitrogens with one attached hydrogen (secondary N) is 1. The summed E-state index contributed by atoms with van der Waals surface area (Å²) >= 11 is 0. The lowest BCUT2D eigenvalue weighted by molar-refractivity contribution is 0.0175. The van der Waals surface area contributed by atoms with Gasteiger partial charge in [0.2, 0.25) is 5.82 Å². The second kappa shape index (κ2) is 6.72. The first kappa shape index (κ1) is 17.6. The second-order valence-electron chi connectivity index (χ2n) is 6.97. The molecule has 0 radical (unpaired) electrons. The lowest BCUT2D eigenvalue weighted by atomic mass is 10.0. The van der Waals surface area contributed by atoms with Crippen LogP contribution in [0.3, 0.4) is 0 Å². The number of tetrazole rings is 1. The van der Waals surface area contributed by atoms with E-state index in [1.807, 2.05) is 13.0 Å². The van der Waals surface area contributed by atoms with E-state index in [0.717, 1.165) is 23.9 Å². The van der Waals surface area contributed by atoms with Crippen molar-refractivity contribution in [2.45, 2.75) is 45.1 Å². The number of hydrogen-bond acceptors (Lipinski definition) is 4. The molecule has 0 amide bonds. The van der Waals surface area contributed by atoms with E-state index in [4.69, 9.17) is 0 Å². The first-order valence-corrected chi connectivity index (χ1v) is 9.11. The average molecular weight is 369 g/mol. The Morgan fingerprint density at radius 1 is 1.15 bits per heavy atom. The van der Waals surface area contributed by atoms with Gasteiger partial charge in [-0.2, -0.15) is 4.80 Å². The van der Waals surface area contributed by atoms with Crippen molar-refractivity contribution < 1.29 is 8.78 Å². The Labute approximate surface area is 156 Å². The number of halogens is 2. The van der Waals surface area contributed by atoms with E-state index in [1.165, 1.54) is 30.5 Å². The zero-order chi connectivity index (χ0) is 19.0. The van der Waals surface area contributed by atoms with Crippen LogP contribution >= 0.6 is 0 Å². The quantitative estimate of drug-likeness (QED) is 0.657. The van der Waals surface area contributed by atoms with Gasteiger partial charge in [-0.05, 0) is 60.7 Å². The van der Waals surface area contributed by atoms with Crippen LogP contribution in [0.1, 0.15) is 43.7 Å². The van der Waals surface area contributed by atoms with Gasteiger partial charge in [0.05, 0.1) is 6.54 Å². The van der Waals surface area contributed by atoms with Gasteiger partial charge < -0.3 is 5.32 Å². The van der Waals surface area contributed by atoms with Crippen LogP contribution in [0.5, 0.6) is 0 Å². The lowest BCUT2D eigenvalue weighted by Gasteiger charge is -2.14. The van der Waals surface area contributed by atoms with E-state index in [1.54, 1.807) is 16.9 Å². The molecule has 1 aromatic heterocycles. The number of benzene rings is 2. The van der Waals surface area contributed by atoms with Crippen molar-refractivity contribution in [2.75, 3.05) is 5.32 Å². The van der Waals surface area contributed by atoms with E-state index in [0.29, 0.717) is 18.3 Å². The minimum absolute atomic E-state index is 0.00934. The summed E-state index contributed by atoms with van der Waals surface area (Å²) in [6.07, 6.45) is 2.40. The Balaban J connectivity index is 1.67. The van der Waals surface area contributed by atoms with Gasteiger partial charge in [0.15, 0.2) is 0 Å². The SMILES string of the molecule is CCn1nnc(-c2cc(C3CC3)ccc2Nc2ccc(C(C)(F)F)cc2)n1. The van der Waals surface area contributed by atoms with Gasteiger partial charge in [0, 0.05) is 29.4 Å². The molecule has 27 heavy (non-hydrogen) atoms. The number of aryl methyl sites for hydroxylation is 1. The van der Waals surface area contributed by atoms with Crippen LogP contribution in [0.15, 0.2) is 42.5 Å². The zero-order valence-corrected chi connectivity index (χ0v) is 15.3. The monoisotopic (exact) mass is 369 g/mol. The van der Waals surface area contributed by atoms with E-state index in [9.17, 15) is 8.78 Å². The van der Waals surface area contributed by atoms with Crippen LogP contribution in [0, 0.1) is 0 Å². The summed E-state index contributed by atoms with van der Waals surface area (Å²) in [5.41, 5.74) is 3.68. The third-order valence-corrected chi connectivity index (χ3v) is 4.74. The zero-order valence-electron chi connectivity index (χ0n) is 15.3. The van der Waals surface area contributed by atoms with Crippen molar-refractivity contribution in [3.63, 3.8) is 0 Å². The van der Waals surface area contributed by atoms with Crippen molar-refractivity contribution in [1.29, 1.82) is 0 Å². The van der Waals surface area contributed by atoms with Crippen LogP contribution in [0.2, 0.25) is 0 Å². The maximum absolute atomic E-state index is 13.4. The van der Waals surface area contributed by atoms with Crippen LogP contribution in [0.4, 0.5) is 20.2 Å². The summed E-state index contributed by atoms with van der Waals surface area (Å²) in [4.78, 5) is 1.54. The van der Waals surface area contributed by atoms with Gasteiger partial charge in [-0.15, -0.1) is 10.2 Å². The van der Waals surface area contributed by atoms with Gasteiger partial charge in [-0.25, -0.2) is 8.78 Å². The van der Waals surface area contributed by atoms with E-state index in [2.05, 4.69) is 32.9 Å². The topological polar surface area (TPSA) is 55.6 Å². The summed E-state index contributed by atoms with van der Waals surface area (Å²) in [6, 6.07) is 12.4. The van der Waals surface area contributed by atoms with Gasteiger partial charge in [-0.1, -0.05) is 18.2 Å². The second-order valence-corrected chi connectivity index (χ2v) is 6.97. The molecule has 4 rings (SSSR count). The summed E-state index contributed by atoms with van der Waals surface area (Å²) in [5.74, 6) is -1.69. The van der Waals surface area contributed by atoms with Crippen LogP contribution in [0.25, 0.3) is 11.4 Å². The van der Waals surface area contributed by atoms with E-state index < -0.39 is 5.92 Å². The first-order chi connectivity index (χ1) is 12.9. The molecule has 140 valence electrons. The predicted molar refractivity (Wildman–Crippen MR) is 100 cm³/mol. The molecule has 1 fully saturated rings. The van der Waals surface area contributed by atoms with Crippen molar-refractivity contribution in [2.24, 2.45) is 0 Å².